The number of halogens is 1. The number of carbonyl (C=O) groups is 2. The molecule has 8 heteroatoms. The van der Waals surface area contributed by atoms with Crippen LogP contribution in [0.25, 0.3) is 0 Å². The number of piperidine rings is 1. The minimum atomic E-state index is -0.541. The summed E-state index contributed by atoms with van der Waals surface area (Å²) in [4.78, 5) is 25.3. The number of hydrogen-bond donors (Lipinski definition) is 0. The van der Waals surface area contributed by atoms with Crippen LogP contribution in [-0.4, -0.2) is 41.6 Å². The fraction of sp³-hybridized carbons (Fsp3) is 0.476. The molecule has 1 aromatic rings. The lowest BCUT2D eigenvalue weighted by Crippen LogP contribution is -2.65. The quantitative estimate of drug-likeness (QED) is 0.291. The van der Waals surface area contributed by atoms with Crippen LogP contribution in [0, 0.1) is 17.4 Å². The predicted molar refractivity (Wildman–Crippen MR) is 104 cm³/mol. The molecule has 1 aromatic carbocycles. The molecule has 1 saturated heterocycles. The second-order valence-electron chi connectivity index (χ2n) is 8.01. The van der Waals surface area contributed by atoms with Crippen molar-refractivity contribution in [3.05, 3.63) is 33.8 Å². The van der Waals surface area contributed by atoms with Crippen molar-refractivity contribution in [2.45, 2.75) is 50.4 Å². The van der Waals surface area contributed by atoms with E-state index < -0.39 is 23.6 Å². The molecular formula is C21H19BrN2O5. The number of benzene rings is 1. The van der Waals surface area contributed by atoms with Gasteiger partial charge in [0.15, 0.2) is 23.8 Å². The van der Waals surface area contributed by atoms with E-state index in [-0.39, 0.29) is 17.9 Å². The third-order valence-electron chi connectivity index (χ3n) is 6.60. The smallest absolute Gasteiger partial charge is 0.308 e. The van der Waals surface area contributed by atoms with Gasteiger partial charge in [0.2, 0.25) is 0 Å². The molecule has 4 aliphatic rings. The summed E-state index contributed by atoms with van der Waals surface area (Å²) in [6.45, 7) is 3.34. The summed E-state index contributed by atoms with van der Waals surface area (Å²) >= 11 is 3.64. The number of nitrogens with zero attached hydrogens (tertiary/aromatic N) is 2. The molecule has 2 heterocycles. The molecule has 7 nitrogen and oxygen atoms in total. The van der Waals surface area contributed by atoms with Crippen LogP contribution in [0.3, 0.4) is 0 Å². The van der Waals surface area contributed by atoms with Crippen molar-refractivity contribution in [2.75, 3.05) is 6.54 Å². The fourth-order valence-corrected chi connectivity index (χ4v) is 6.28. The molecule has 0 unspecified atom stereocenters. The van der Waals surface area contributed by atoms with Crippen molar-refractivity contribution in [1.82, 2.24) is 4.90 Å². The van der Waals surface area contributed by atoms with Crippen LogP contribution >= 0.6 is 15.9 Å². The van der Waals surface area contributed by atoms with Crippen LogP contribution in [0.4, 0.5) is 0 Å². The molecule has 1 fully saturated rings. The zero-order valence-corrected chi connectivity index (χ0v) is 17.6. The second-order valence-corrected chi connectivity index (χ2v) is 8.87. The summed E-state index contributed by atoms with van der Waals surface area (Å²) in [6.07, 6.45) is 6.69. The number of esters is 2. The SMILES string of the molecule is CC(=O)Oc1cc(Br)c2c3c1O[C@H]1[C@@H](OC(C)=O)C=C[C@H]4[C@@H](C2)N(C#N)CC[C@@]341. The summed E-state index contributed by atoms with van der Waals surface area (Å²) in [5, 5.41) is 9.68. The summed E-state index contributed by atoms with van der Waals surface area (Å²) < 4.78 is 18.3. The van der Waals surface area contributed by atoms with Gasteiger partial charge in [0.1, 0.15) is 6.10 Å². The maximum atomic E-state index is 11.7. The first-order chi connectivity index (χ1) is 13.9. The number of nitriles is 1. The Balaban J connectivity index is 1.75. The second kappa shape index (κ2) is 6.23. The van der Waals surface area contributed by atoms with E-state index in [4.69, 9.17) is 14.2 Å². The van der Waals surface area contributed by atoms with E-state index in [9.17, 15) is 14.9 Å². The standard InChI is InChI=1S/C21H19BrN2O5/c1-10(25)27-16-4-3-13-15-7-12-14(22)8-17(28-11(2)26)19-18(12)21(13,20(16)29-19)5-6-24(15)9-23/h3-4,8,13,15-16,20H,5-7H2,1-2H3/t13-,15+,16-,20-,21-/m0/s1. The molecule has 5 atom stereocenters. The third kappa shape index (κ3) is 2.40. The zero-order valence-electron chi connectivity index (χ0n) is 16.0. The molecule has 0 radical (unpaired) electrons. The number of likely N-dealkylation sites (tertiary alicyclic amines) is 1. The van der Waals surface area contributed by atoms with Crippen molar-refractivity contribution in [1.29, 1.82) is 5.26 Å². The maximum absolute atomic E-state index is 11.7. The van der Waals surface area contributed by atoms with Gasteiger partial charge in [-0.05, 0) is 30.5 Å². The average Bonchev–Trinajstić information content (AvgIpc) is 2.99. The van der Waals surface area contributed by atoms with Crippen LogP contribution in [0.5, 0.6) is 11.5 Å². The topological polar surface area (TPSA) is 88.9 Å². The minimum Gasteiger partial charge on any atom is -0.481 e. The van der Waals surface area contributed by atoms with Gasteiger partial charge in [-0.1, -0.05) is 22.0 Å². The minimum absolute atomic E-state index is 0.00343. The Bertz CT molecular complexity index is 1020. The highest BCUT2D eigenvalue weighted by atomic mass is 79.9. The van der Waals surface area contributed by atoms with Crippen LogP contribution in [0.15, 0.2) is 22.7 Å². The van der Waals surface area contributed by atoms with Crippen LogP contribution < -0.4 is 9.47 Å². The Morgan fingerprint density at radius 1 is 1.34 bits per heavy atom. The summed E-state index contributed by atoms with van der Waals surface area (Å²) in [6, 6.07) is 1.76. The van der Waals surface area contributed by atoms with Crippen molar-refractivity contribution in [3.63, 3.8) is 0 Å². The molecule has 5 rings (SSSR count). The van der Waals surface area contributed by atoms with Gasteiger partial charge in [0.05, 0.1) is 11.5 Å². The monoisotopic (exact) mass is 458 g/mol. The summed E-state index contributed by atoms with van der Waals surface area (Å²) in [5.74, 6) is 0.160. The van der Waals surface area contributed by atoms with E-state index in [2.05, 4.69) is 28.2 Å². The first-order valence-electron chi connectivity index (χ1n) is 9.59. The Hall–Kier alpha value is -2.53. The third-order valence-corrected chi connectivity index (χ3v) is 7.30. The van der Waals surface area contributed by atoms with Gasteiger partial charge in [-0.2, -0.15) is 5.26 Å². The molecular weight excluding hydrogens is 440 g/mol. The van der Waals surface area contributed by atoms with Gasteiger partial charge in [0.25, 0.3) is 0 Å². The van der Waals surface area contributed by atoms with E-state index in [1.807, 2.05) is 11.0 Å². The normalized spacial score (nSPS) is 32.7. The Kier molecular flexibility index (Phi) is 3.97. The van der Waals surface area contributed by atoms with E-state index in [0.717, 1.165) is 15.6 Å². The molecule has 0 saturated carbocycles. The highest BCUT2D eigenvalue weighted by molar-refractivity contribution is 9.10. The van der Waals surface area contributed by atoms with Crippen molar-refractivity contribution in [2.24, 2.45) is 5.92 Å². The maximum Gasteiger partial charge on any atom is 0.308 e. The lowest BCUT2D eigenvalue weighted by Gasteiger charge is -2.56. The van der Waals surface area contributed by atoms with Gasteiger partial charge in [-0.15, -0.1) is 0 Å². The van der Waals surface area contributed by atoms with E-state index in [1.165, 1.54) is 13.8 Å². The number of ether oxygens (including phenoxy) is 3. The van der Waals surface area contributed by atoms with Crippen molar-refractivity contribution < 1.29 is 23.8 Å². The molecule has 2 aliphatic heterocycles. The highest BCUT2D eigenvalue weighted by Gasteiger charge is 2.66. The highest BCUT2D eigenvalue weighted by Crippen LogP contribution is 2.64. The van der Waals surface area contributed by atoms with Crippen LogP contribution in [-0.2, 0) is 26.2 Å². The van der Waals surface area contributed by atoms with Crippen LogP contribution in [0.2, 0.25) is 0 Å². The van der Waals surface area contributed by atoms with Crippen LogP contribution in [0.1, 0.15) is 31.4 Å². The van der Waals surface area contributed by atoms with Crippen molar-refractivity contribution >= 4 is 27.9 Å². The average molecular weight is 459 g/mol. The van der Waals surface area contributed by atoms with Gasteiger partial charge in [-0.3, -0.25) is 9.59 Å². The number of hydrogen-bond acceptors (Lipinski definition) is 7. The Morgan fingerprint density at radius 3 is 2.83 bits per heavy atom. The summed E-state index contributed by atoms with van der Waals surface area (Å²) in [5.41, 5.74) is 1.65. The molecule has 2 bridgehead atoms. The van der Waals surface area contributed by atoms with E-state index in [1.54, 1.807) is 6.07 Å². The number of rotatable bonds is 2. The molecule has 150 valence electrons. The van der Waals surface area contributed by atoms with E-state index >= 15 is 0 Å². The lowest BCUT2D eigenvalue weighted by molar-refractivity contribution is -0.152. The molecule has 0 amide bonds. The first-order valence-corrected chi connectivity index (χ1v) is 10.4. The van der Waals surface area contributed by atoms with Crippen molar-refractivity contribution in [3.8, 4) is 17.7 Å². The Labute approximate surface area is 176 Å². The molecule has 0 aromatic heterocycles. The largest absolute Gasteiger partial charge is 0.481 e. The Morgan fingerprint density at radius 2 is 2.14 bits per heavy atom. The van der Waals surface area contributed by atoms with E-state index in [0.29, 0.717) is 30.9 Å². The fourth-order valence-electron chi connectivity index (χ4n) is 5.71. The molecule has 0 N–H and O–H groups in total. The van der Waals surface area contributed by atoms with Gasteiger partial charge in [0, 0.05) is 36.3 Å². The molecule has 1 spiro atoms. The summed E-state index contributed by atoms with van der Waals surface area (Å²) in [7, 11) is 0. The molecule has 29 heavy (non-hydrogen) atoms. The van der Waals surface area contributed by atoms with Gasteiger partial charge < -0.3 is 19.1 Å². The van der Waals surface area contributed by atoms with Gasteiger partial charge in [-0.25, -0.2) is 0 Å². The first kappa shape index (κ1) is 18.5. The zero-order chi connectivity index (χ0) is 20.5. The predicted octanol–water partition coefficient (Wildman–Crippen LogP) is 2.60. The lowest BCUT2D eigenvalue weighted by atomic mass is 9.53. The number of carbonyl (C=O) groups excluding carboxylic acids is 2. The molecule has 2 aliphatic carbocycles. The van der Waals surface area contributed by atoms with Gasteiger partial charge >= 0.3 is 11.9 Å².